The van der Waals surface area contributed by atoms with Gasteiger partial charge in [0.15, 0.2) is 0 Å². The fourth-order valence-electron chi connectivity index (χ4n) is 6.56. The van der Waals surface area contributed by atoms with Crippen molar-refractivity contribution in [3.8, 4) is 0 Å². The van der Waals surface area contributed by atoms with E-state index in [1.807, 2.05) is 41.3 Å². The minimum atomic E-state index is -1.29. The number of imide groups is 1. The van der Waals surface area contributed by atoms with Crippen molar-refractivity contribution in [3.05, 3.63) is 64.8 Å². The maximum Gasteiger partial charge on any atom is 0.324 e. The zero-order valence-corrected chi connectivity index (χ0v) is 20.0. The van der Waals surface area contributed by atoms with E-state index in [0.29, 0.717) is 30.6 Å². The number of nitrogens with zero attached hydrogens (tertiary/aromatic N) is 3. The highest BCUT2D eigenvalue weighted by molar-refractivity contribution is 6.08. The van der Waals surface area contributed by atoms with E-state index in [1.165, 1.54) is 4.90 Å². The van der Waals surface area contributed by atoms with Gasteiger partial charge in [-0.1, -0.05) is 12.1 Å². The number of likely N-dealkylation sites (N-methyl/N-ethyl adjacent to an activating group) is 1. The lowest BCUT2D eigenvalue weighted by molar-refractivity contribution is -0.145. The summed E-state index contributed by atoms with van der Waals surface area (Å²) in [6.07, 6.45) is 0.792. The van der Waals surface area contributed by atoms with Gasteiger partial charge in [-0.25, -0.2) is 4.79 Å². The molecule has 4 heterocycles. The molecular formula is C27H23N5O5. The Labute approximate surface area is 211 Å². The Hall–Kier alpha value is -4.47. The fourth-order valence-corrected chi connectivity index (χ4v) is 6.56. The summed E-state index contributed by atoms with van der Waals surface area (Å²) in [6.45, 7) is 0.570. The number of amides is 4. The number of carbonyl (C=O) groups is 4. The molecule has 1 aromatic heterocycles. The first-order valence-corrected chi connectivity index (χ1v) is 12.1. The summed E-state index contributed by atoms with van der Waals surface area (Å²) in [6, 6.07) is 13.0. The van der Waals surface area contributed by atoms with Crippen LogP contribution < -0.4 is 15.5 Å². The molecule has 3 N–H and O–H groups in total. The van der Waals surface area contributed by atoms with Crippen LogP contribution in [0.4, 0.5) is 16.2 Å². The predicted octanol–water partition coefficient (Wildman–Crippen LogP) is 1.94. The molecule has 186 valence electrons. The minimum Gasteiger partial charge on any atom is -0.481 e. The lowest BCUT2D eigenvalue weighted by Crippen LogP contribution is -2.48. The van der Waals surface area contributed by atoms with E-state index < -0.39 is 16.9 Å². The molecule has 1 saturated heterocycles. The minimum absolute atomic E-state index is 0.105. The number of hydrogen-bond donors (Lipinski definition) is 3. The Balaban J connectivity index is 1.23. The number of fused-ring (bicyclic) bond motifs is 2. The van der Waals surface area contributed by atoms with E-state index in [2.05, 4.69) is 10.6 Å². The van der Waals surface area contributed by atoms with Crippen molar-refractivity contribution in [1.29, 1.82) is 0 Å². The molecule has 37 heavy (non-hydrogen) atoms. The highest BCUT2D eigenvalue weighted by Gasteiger charge is 2.55. The van der Waals surface area contributed by atoms with Crippen LogP contribution in [-0.2, 0) is 39.2 Å². The quantitative estimate of drug-likeness (QED) is 0.471. The molecule has 3 aromatic rings. The number of urea groups is 1. The Morgan fingerprint density at radius 2 is 1.84 bits per heavy atom. The molecule has 10 nitrogen and oxygen atoms in total. The number of aromatic nitrogens is 1. The summed E-state index contributed by atoms with van der Waals surface area (Å²) in [4.78, 5) is 57.9. The summed E-state index contributed by atoms with van der Waals surface area (Å²) in [7, 11) is 1.65. The molecule has 1 aliphatic carbocycles. The number of nitrogens with one attached hydrogen (secondary N) is 2. The van der Waals surface area contributed by atoms with Crippen molar-refractivity contribution < 1.29 is 24.3 Å². The van der Waals surface area contributed by atoms with E-state index in [-0.39, 0.29) is 30.8 Å². The number of benzene rings is 2. The number of rotatable bonds is 3. The van der Waals surface area contributed by atoms with Gasteiger partial charge in [0, 0.05) is 55.2 Å². The number of hydrogen-bond acceptors (Lipinski definition) is 6. The lowest BCUT2D eigenvalue weighted by Gasteiger charge is -2.30. The lowest BCUT2D eigenvalue weighted by atomic mass is 9.76. The molecular weight excluding hydrogens is 474 g/mol. The smallest absolute Gasteiger partial charge is 0.324 e. The summed E-state index contributed by atoms with van der Waals surface area (Å²) in [5.41, 5.74) is 3.37. The van der Waals surface area contributed by atoms with Crippen LogP contribution in [0.1, 0.15) is 28.8 Å². The van der Waals surface area contributed by atoms with Crippen LogP contribution in [0.15, 0.2) is 42.5 Å². The normalized spacial score (nSPS) is 25.5. The molecule has 0 saturated carbocycles. The number of pyridine rings is 1. The van der Waals surface area contributed by atoms with Crippen LogP contribution in [0.25, 0.3) is 10.9 Å². The maximum absolute atomic E-state index is 12.6. The second-order valence-electron chi connectivity index (χ2n) is 10.5. The number of carboxylic acids is 1. The first-order chi connectivity index (χ1) is 17.7. The zero-order chi connectivity index (χ0) is 25.7. The van der Waals surface area contributed by atoms with E-state index in [9.17, 15) is 24.3 Å². The van der Waals surface area contributed by atoms with Gasteiger partial charge in [0.25, 0.3) is 5.91 Å². The third-order valence-corrected chi connectivity index (χ3v) is 8.44. The molecule has 2 unspecified atom stereocenters. The third kappa shape index (κ3) is 2.83. The van der Waals surface area contributed by atoms with Crippen molar-refractivity contribution in [3.63, 3.8) is 0 Å². The van der Waals surface area contributed by atoms with Crippen molar-refractivity contribution in [2.45, 2.75) is 36.8 Å². The number of anilines is 2. The third-order valence-electron chi connectivity index (χ3n) is 8.44. The van der Waals surface area contributed by atoms with E-state index in [1.54, 1.807) is 13.1 Å². The van der Waals surface area contributed by atoms with E-state index in [4.69, 9.17) is 4.98 Å². The molecule has 4 amide bonds. The highest BCUT2D eigenvalue weighted by Crippen LogP contribution is 2.50. The first-order valence-electron chi connectivity index (χ1n) is 12.1. The summed E-state index contributed by atoms with van der Waals surface area (Å²) >= 11 is 0. The predicted molar refractivity (Wildman–Crippen MR) is 133 cm³/mol. The molecule has 2 atom stereocenters. The Bertz CT molecular complexity index is 1600. The van der Waals surface area contributed by atoms with Gasteiger partial charge in [-0.3, -0.25) is 24.7 Å². The van der Waals surface area contributed by atoms with Crippen LogP contribution in [0.5, 0.6) is 0 Å². The molecule has 2 aromatic carbocycles. The van der Waals surface area contributed by atoms with Crippen molar-refractivity contribution >= 4 is 46.1 Å². The first kappa shape index (κ1) is 21.8. The number of carboxylic acid groups (broad SMARTS) is 1. The molecule has 4 aliphatic rings. The standard InChI is InChI=1S/C27H23N5O5/c1-31-25(37)30-23(34)27(31)9-15-7-14-5-6-17(28-19(14)8-16(15)10-27)12-32-13-26(24(35)36)11-21(33)29-18-3-2-4-20(32)22(18)26/h2-8H,9-13H2,1H3,(H,29,33)(H,35,36)(H,30,34,37). The van der Waals surface area contributed by atoms with Crippen LogP contribution >= 0.6 is 0 Å². The fraction of sp³-hybridized carbons (Fsp3) is 0.296. The monoisotopic (exact) mass is 497 g/mol. The number of carbonyl (C=O) groups excluding carboxylic acids is 3. The average molecular weight is 498 g/mol. The van der Waals surface area contributed by atoms with E-state index in [0.717, 1.165) is 33.4 Å². The Morgan fingerprint density at radius 3 is 2.57 bits per heavy atom. The van der Waals surface area contributed by atoms with Gasteiger partial charge in [-0.2, -0.15) is 0 Å². The molecule has 0 radical (unpaired) electrons. The molecule has 1 fully saturated rings. The van der Waals surface area contributed by atoms with Crippen LogP contribution in [-0.4, -0.2) is 57.9 Å². The van der Waals surface area contributed by atoms with Crippen molar-refractivity contribution in [2.75, 3.05) is 23.8 Å². The topological polar surface area (TPSA) is 132 Å². The largest absolute Gasteiger partial charge is 0.481 e. The van der Waals surface area contributed by atoms with Gasteiger partial charge in [0.05, 0.1) is 17.8 Å². The highest BCUT2D eigenvalue weighted by atomic mass is 16.4. The molecule has 10 heteroatoms. The van der Waals surface area contributed by atoms with Gasteiger partial charge in [0.2, 0.25) is 5.91 Å². The zero-order valence-electron chi connectivity index (χ0n) is 20.0. The van der Waals surface area contributed by atoms with Crippen molar-refractivity contribution in [1.82, 2.24) is 15.2 Å². The van der Waals surface area contributed by atoms with Gasteiger partial charge >= 0.3 is 12.0 Å². The van der Waals surface area contributed by atoms with Crippen molar-refractivity contribution in [2.24, 2.45) is 0 Å². The molecule has 1 spiro atoms. The summed E-state index contributed by atoms with van der Waals surface area (Å²) < 4.78 is 0. The van der Waals surface area contributed by atoms with Gasteiger partial charge in [0.1, 0.15) is 11.0 Å². The summed E-state index contributed by atoms with van der Waals surface area (Å²) in [5, 5.41) is 16.3. The maximum atomic E-state index is 12.6. The van der Waals surface area contributed by atoms with Crippen LogP contribution in [0.3, 0.4) is 0 Å². The van der Waals surface area contributed by atoms with Gasteiger partial charge < -0.3 is 20.2 Å². The Kier molecular flexibility index (Phi) is 4.16. The molecule has 3 aliphatic heterocycles. The average Bonchev–Trinajstić information content (AvgIpc) is 3.45. The molecule has 0 bridgehead atoms. The SMILES string of the molecule is CN1C(=O)NC(=O)C12Cc1cc3ccc(CN4CC5(C(=O)O)CC(=O)Nc6cccc4c65)nc3cc1C2. The van der Waals surface area contributed by atoms with Crippen LogP contribution in [0, 0.1) is 0 Å². The summed E-state index contributed by atoms with van der Waals surface area (Å²) in [5.74, 6) is -1.57. The van der Waals surface area contributed by atoms with E-state index >= 15 is 0 Å². The van der Waals surface area contributed by atoms with Gasteiger partial charge in [-0.15, -0.1) is 0 Å². The second-order valence-corrected chi connectivity index (χ2v) is 10.5. The van der Waals surface area contributed by atoms with Gasteiger partial charge in [-0.05, 0) is 41.5 Å². The van der Waals surface area contributed by atoms with Crippen LogP contribution in [0.2, 0.25) is 0 Å². The second kappa shape index (κ2) is 7.06. The Morgan fingerprint density at radius 1 is 1.05 bits per heavy atom. The molecule has 7 rings (SSSR count). The number of aliphatic carboxylic acids is 1.